The number of aromatic nitrogens is 7. The van der Waals surface area contributed by atoms with E-state index >= 15 is 0 Å². The largest absolute Gasteiger partial charge is 0.467 e. The first kappa shape index (κ1) is 32.4. The van der Waals surface area contributed by atoms with Crippen molar-refractivity contribution in [2.45, 2.75) is 63.8 Å². The zero-order chi connectivity index (χ0) is 32.8. The van der Waals surface area contributed by atoms with E-state index in [4.69, 9.17) is 4.74 Å². The molecule has 4 aromatic rings. The maximum atomic E-state index is 13.7. The molecule has 17 heteroatoms. The van der Waals surface area contributed by atoms with Crippen molar-refractivity contribution in [3.05, 3.63) is 54.7 Å². The van der Waals surface area contributed by atoms with E-state index in [0.717, 1.165) is 29.8 Å². The van der Waals surface area contributed by atoms with Crippen LogP contribution < -0.4 is 20.3 Å². The van der Waals surface area contributed by atoms with E-state index in [9.17, 15) is 26.7 Å². The van der Waals surface area contributed by atoms with Crippen LogP contribution in [-0.2, 0) is 6.18 Å². The molecule has 2 N–H and O–H groups in total. The summed E-state index contributed by atoms with van der Waals surface area (Å²) < 4.78 is 72.4. The highest BCUT2D eigenvalue weighted by Gasteiger charge is 2.37. The molecule has 5 rings (SSSR count). The van der Waals surface area contributed by atoms with Crippen molar-refractivity contribution in [2.75, 3.05) is 23.9 Å². The van der Waals surface area contributed by atoms with E-state index in [1.165, 1.54) is 7.11 Å². The molecule has 2 amide bonds. The third-order valence-corrected chi connectivity index (χ3v) is 7.42. The van der Waals surface area contributed by atoms with E-state index in [2.05, 4.69) is 40.7 Å². The number of amides is 2. The first-order valence-corrected chi connectivity index (χ1v) is 14.5. The molecule has 4 heterocycles. The molecule has 0 spiro atoms. The summed E-state index contributed by atoms with van der Waals surface area (Å²) in [5.74, 6) is 0.373. The Hall–Kier alpha value is -4.96. The summed E-state index contributed by atoms with van der Waals surface area (Å²) in [5, 5.41) is 9.54. The van der Waals surface area contributed by atoms with Crippen LogP contribution in [0, 0.1) is 0 Å². The molecule has 4 aromatic heterocycles. The molecular weight excluding hydrogens is 615 g/mol. The summed E-state index contributed by atoms with van der Waals surface area (Å²) >= 11 is 0. The lowest BCUT2D eigenvalue weighted by atomic mass is 9.90. The first-order chi connectivity index (χ1) is 22.1. The number of methoxy groups -OCH3 is 1. The molecule has 0 aromatic carbocycles. The summed E-state index contributed by atoms with van der Waals surface area (Å²) in [6.45, 7) is -0.584. The molecule has 46 heavy (non-hydrogen) atoms. The average Bonchev–Trinajstić information content (AvgIpc) is 3.56. The summed E-state index contributed by atoms with van der Waals surface area (Å²) in [7, 11) is 1.48. The fourth-order valence-corrected chi connectivity index (χ4v) is 5.13. The molecule has 0 atom stereocenters. The quantitative estimate of drug-likeness (QED) is 0.200. The van der Waals surface area contributed by atoms with E-state index in [0.29, 0.717) is 44.2 Å². The Balaban J connectivity index is 1.30. The molecule has 0 saturated heterocycles. The van der Waals surface area contributed by atoms with Crippen LogP contribution >= 0.6 is 0 Å². The van der Waals surface area contributed by atoms with E-state index in [1.54, 1.807) is 29.6 Å². The minimum atomic E-state index is -4.82. The second kappa shape index (κ2) is 14.0. The van der Waals surface area contributed by atoms with E-state index in [-0.39, 0.29) is 40.4 Å². The van der Waals surface area contributed by atoms with Crippen molar-refractivity contribution >= 4 is 17.8 Å². The van der Waals surface area contributed by atoms with Gasteiger partial charge in [-0.05, 0) is 50.3 Å². The third-order valence-electron chi connectivity index (χ3n) is 7.42. The van der Waals surface area contributed by atoms with Crippen LogP contribution in [-0.4, -0.2) is 66.5 Å². The second-order valence-electron chi connectivity index (χ2n) is 10.5. The van der Waals surface area contributed by atoms with Gasteiger partial charge in [0.2, 0.25) is 5.95 Å². The van der Waals surface area contributed by atoms with Crippen LogP contribution in [0.25, 0.3) is 22.5 Å². The maximum Gasteiger partial charge on any atom is 0.420 e. The van der Waals surface area contributed by atoms with Gasteiger partial charge >= 0.3 is 24.8 Å². The molecule has 0 aliphatic heterocycles. The fourth-order valence-electron chi connectivity index (χ4n) is 5.13. The minimum Gasteiger partial charge on any atom is -0.467 e. The number of carbonyl (C=O) groups is 1. The van der Waals surface area contributed by atoms with Gasteiger partial charge in [0, 0.05) is 60.7 Å². The summed E-state index contributed by atoms with van der Waals surface area (Å²) in [5.41, 5.74) is -0.663. The molecule has 1 saturated carbocycles. The molecule has 1 aliphatic carbocycles. The van der Waals surface area contributed by atoms with Crippen LogP contribution in [0.3, 0.4) is 0 Å². The lowest BCUT2D eigenvalue weighted by Gasteiger charge is -2.36. The SMILES string of the molecule is CCCNC(=O)N(c1ccc(-c2cnc(OC)nc2)cn1)C1CCC(Nc2ncc(C(F)(F)F)c(-c3ccn(C(F)F)n3)n2)CC1. The molecule has 0 bridgehead atoms. The lowest BCUT2D eigenvalue weighted by Crippen LogP contribution is -2.49. The standard InChI is InChI=1S/C29H31F5N10O2/c1-3-11-35-28(45)44(23-9-4-17(13-36-23)18-14-38-27(46-2)39-15-18)20-7-5-19(6-8-20)40-26-37-16-21(29(32,33)34)24(41-26)22-10-12-43(42-22)25(30)31/h4,9-10,12-16,19-20,25H,3,5-8,11H2,1-2H3,(H,35,45)(H,37,40,41). The smallest absolute Gasteiger partial charge is 0.420 e. The van der Waals surface area contributed by atoms with Crippen molar-refractivity contribution in [3.8, 4) is 28.5 Å². The fraction of sp³-hybridized carbons (Fsp3) is 0.414. The van der Waals surface area contributed by atoms with Crippen molar-refractivity contribution < 1.29 is 31.5 Å². The Morgan fingerprint density at radius 1 is 1.02 bits per heavy atom. The number of halogens is 5. The van der Waals surface area contributed by atoms with Crippen LogP contribution in [0.2, 0.25) is 0 Å². The van der Waals surface area contributed by atoms with Gasteiger partial charge in [0.25, 0.3) is 0 Å². The van der Waals surface area contributed by atoms with Gasteiger partial charge in [0.05, 0.1) is 7.11 Å². The normalized spacial score (nSPS) is 16.7. The number of hydrogen-bond donors (Lipinski definition) is 2. The number of alkyl halides is 5. The Morgan fingerprint density at radius 3 is 2.33 bits per heavy atom. The third kappa shape index (κ3) is 7.46. The van der Waals surface area contributed by atoms with Crippen molar-refractivity contribution in [2.24, 2.45) is 0 Å². The highest BCUT2D eigenvalue weighted by atomic mass is 19.4. The zero-order valence-electron chi connectivity index (χ0n) is 24.9. The Labute approximate surface area is 260 Å². The number of nitrogens with zero attached hydrogens (tertiary/aromatic N) is 8. The summed E-state index contributed by atoms with van der Waals surface area (Å²) in [4.78, 5) is 35.6. The number of hydrogen-bond acceptors (Lipinski definition) is 9. The number of anilines is 2. The van der Waals surface area contributed by atoms with E-state index in [1.807, 2.05) is 13.0 Å². The molecular formula is C29H31F5N10O2. The van der Waals surface area contributed by atoms with Crippen molar-refractivity contribution in [1.82, 2.24) is 40.0 Å². The Bertz CT molecular complexity index is 1610. The van der Waals surface area contributed by atoms with Gasteiger partial charge in [-0.15, -0.1) is 0 Å². The number of carbonyl (C=O) groups excluding carboxylic acids is 1. The van der Waals surface area contributed by atoms with Gasteiger partial charge in [-0.3, -0.25) is 4.90 Å². The zero-order valence-corrected chi connectivity index (χ0v) is 24.9. The van der Waals surface area contributed by atoms with Crippen LogP contribution in [0.5, 0.6) is 6.01 Å². The monoisotopic (exact) mass is 646 g/mol. The second-order valence-corrected chi connectivity index (χ2v) is 10.5. The van der Waals surface area contributed by atoms with E-state index < -0.39 is 24.0 Å². The van der Waals surface area contributed by atoms with Gasteiger partial charge < -0.3 is 15.4 Å². The number of nitrogens with one attached hydrogen (secondary N) is 2. The van der Waals surface area contributed by atoms with Crippen LogP contribution in [0.15, 0.2) is 49.2 Å². The van der Waals surface area contributed by atoms with Crippen LogP contribution in [0.4, 0.5) is 38.5 Å². The Morgan fingerprint density at radius 2 is 1.74 bits per heavy atom. The van der Waals surface area contributed by atoms with Gasteiger partial charge in [0.1, 0.15) is 22.8 Å². The lowest BCUT2D eigenvalue weighted by molar-refractivity contribution is -0.137. The molecule has 0 radical (unpaired) electrons. The molecule has 1 aliphatic rings. The van der Waals surface area contributed by atoms with Gasteiger partial charge in [-0.25, -0.2) is 34.4 Å². The van der Waals surface area contributed by atoms with Crippen LogP contribution in [0.1, 0.15) is 51.1 Å². The predicted molar refractivity (Wildman–Crippen MR) is 157 cm³/mol. The minimum absolute atomic E-state index is 0.0876. The molecule has 0 unspecified atom stereocenters. The molecule has 1 fully saturated rings. The van der Waals surface area contributed by atoms with Crippen molar-refractivity contribution in [3.63, 3.8) is 0 Å². The average molecular weight is 647 g/mol. The number of rotatable bonds is 10. The molecule has 244 valence electrons. The topological polar surface area (TPSA) is 136 Å². The van der Waals surface area contributed by atoms with Gasteiger partial charge in [-0.1, -0.05) is 6.92 Å². The maximum absolute atomic E-state index is 13.7. The summed E-state index contributed by atoms with van der Waals surface area (Å²) in [6, 6.07) is 4.15. The highest BCUT2D eigenvalue weighted by Crippen LogP contribution is 2.36. The van der Waals surface area contributed by atoms with Gasteiger partial charge in [0.15, 0.2) is 0 Å². The number of ether oxygens (including phenoxy) is 1. The first-order valence-electron chi connectivity index (χ1n) is 14.5. The predicted octanol–water partition coefficient (Wildman–Crippen LogP) is 5.96. The number of pyridine rings is 1. The number of urea groups is 1. The molecule has 12 nitrogen and oxygen atoms in total. The van der Waals surface area contributed by atoms with Gasteiger partial charge in [-0.2, -0.15) is 27.1 Å². The highest BCUT2D eigenvalue weighted by molar-refractivity contribution is 5.91. The Kier molecular flexibility index (Phi) is 9.87. The van der Waals surface area contributed by atoms with Crippen molar-refractivity contribution in [1.29, 1.82) is 0 Å². The summed E-state index contributed by atoms with van der Waals surface area (Å²) in [6.07, 6.45) is 4.49.